The second-order valence-electron chi connectivity index (χ2n) is 12.2. The Morgan fingerprint density at radius 3 is 2.36 bits per heavy atom. The molecule has 1 aliphatic carbocycles. The van der Waals surface area contributed by atoms with Gasteiger partial charge >= 0.3 is 12.3 Å². The van der Waals surface area contributed by atoms with Gasteiger partial charge in [0, 0.05) is 38.4 Å². The summed E-state index contributed by atoms with van der Waals surface area (Å²) in [6, 6.07) is 4.43. The number of halogens is 3. The van der Waals surface area contributed by atoms with Crippen molar-refractivity contribution in [2.45, 2.75) is 70.8 Å². The third kappa shape index (κ3) is 7.68. The molecule has 39 heavy (non-hydrogen) atoms. The molecule has 0 bridgehead atoms. The Labute approximate surface area is 229 Å². The number of benzene rings is 1. The van der Waals surface area contributed by atoms with Crippen LogP contribution in [0.2, 0.25) is 0 Å². The van der Waals surface area contributed by atoms with E-state index in [9.17, 15) is 22.8 Å². The molecule has 3 aliphatic rings. The first-order chi connectivity index (χ1) is 18.2. The lowest BCUT2D eigenvalue weighted by Gasteiger charge is -2.34. The number of nitrogens with zero attached hydrogens (tertiary/aromatic N) is 3. The van der Waals surface area contributed by atoms with Crippen molar-refractivity contribution in [3.8, 4) is 0 Å². The molecule has 4 rings (SSSR count). The van der Waals surface area contributed by atoms with E-state index in [2.05, 4.69) is 40.4 Å². The molecule has 2 amide bonds. The number of carbonyl (C=O) groups excluding carboxylic acids is 2. The average Bonchev–Trinajstić information content (AvgIpc) is 3.55. The van der Waals surface area contributed by atoms with E-state index in [-0.39, 0.29) is 0 Å². The standard InChI is InChI=1S/C29H41F3N4O3/c1-19(33-26(37)25-17-22(29(30,31)32)18-36(25)27(38)39-28(2,3)4)24-11-10-23(35-14-12-34(5)13-15-35)16-21(24)9-8-20-6-7-20/h8-11,16,19-20,22,25H,6-7,12-15,17-18H2,1-5H3,(H,33,37)/b9-8+/t19-,22+,25-/m0/s1. The first kappa shape index (κ1) is 29.2. The minimum atomic E-state index is -4.51. The van der Waals surface area contributed by atoms with E-state index in [4.69, 9.17) is 4.74 Å². The van der Waals surface area contributed by atoms with Crippen molar-refractivity contribution in [2.24, 2.45) is 11.8 Å². The summed E-state index contributed by atoms with van der Waals surface area (Å²) in [5.74, 6) is -1.83. The summed E-state index contributed by atoms with van der Waals surface area (Å²) in [7, 11) is 2.11. The minimum absolute atomic E-state index is 0.469. The molecule has 1 saturated carbocycles. The summed E-state index contributed by atoms with van der Waals surface area (Å²) in [6.45, 7) is 9.97. The van der Waals surface area contributed by atoms with Gasteiger partial charge < -0.3 is 19.9 Å². The van der Waals surface area contributed by atoms with Crippen LogP contribution in [-0.4, -0.2) is 79.4 Å². The van der Waals surface area contributed by atoms with Crippen LogP contribution in [0.1, 0.15) is 64.1 Å². The fraction of sp³-hybridized carbons (Fsp3) is 0.655. The molecule has 2 aliphatic heterocycles. The molecular formula is C29H41F3N4O3. The van der Waals surface area contributed by atoms with Gasteiger partial charge in [0.15, 0.2) is 0 Å². The van der Waals surface area contributed by atoms with E-state index in [1.165, 1.54) is 12.8 Å². The largest absolute Gasteiger partial charge is 0.444 e. The second kappa shape index (κ2) is 11.4. The highest BCUT2D eigenvalue weighted by Gasteiger charge is 2.51. The maximum atomic E-state index is 13.6. The maximum Gasteiger partial charge on any atom is 0.410 e. The van der Waals surface area contributed by atoms with Crippen molar-refractivity contribution in [1.82, 2.24) is 15.1 Å². The number of anilines is 1. The van der Waals surface area contributed by atoms with Crippen LogP contribution in [0.15, 0.2) is 24.3 Å². The molecule has 10 heteroatoms. The SMILES string of the molecule is C[C@H](NC(=O)[C@@H]1C[C@@H](C(F)(F)F)CN1C(=O)OC(C)(C)C)c1ccc(N2CCN(C)CC2)cc1/C=C/C1CC1. The van der Waals surface area contributed by atoms with Crippen LogP contribution >= 0.6 is 0 Å². The predicted octanol–water partition coefficient (Wildman–Crippen LogP) is 5.23. The molecular weight excluding hydrogens is 509 g/mol. The average molecular weight is 551 g/mol. The van der Waals surface area contributed by atoms with E-state index in [1.807, 2.05) is 19.1 Å². The van der Waals surface area contributed by atoms with E-state index in [1.54, 1.807) is 20.8 Å². The molecule has 2 saturated heterocycles. The molecule has 0 unspecified atom stereocenters. The van der Waals surface area contributed by atoms with Crippen molar-refractivity contribution >= 4 is 23.8 Å². The molecule has 216 valence electrons. The van der Waals surface area contributed by atoms with Gasteiger partial charge in [0.1, 0.15) is 11.6 Å². The van der Waals surface area contributed by atoms with Crippen molar-refractivity contribution < 1.29 is 27.5 Å². The van der Waals surface area contributed by atoms with Gasteiger partial charge in [0.25, 0.3) is 0 Å². The zero-order chi connectivity index (χ0) is 28.5. The summed E-state index contributed by atoms with van der Waals surface area (Å²) in [6.07, 6.45) is 0.705. The van der Waals surface area contributed by atoms with Gasteiger partial charge in [-0.3, -0.25) is 9.69 Å². The lowest BCUT2D eigenvalue weighted by atomic mass is 9.98. The van der Waals surface area contributed by atoms with E-state index in [0.717, 1.165) is 47.9 Å². The Bertz CT molecular complexity index is 1070. The molecule has 3 fully saturated rings. The van der Waals surface area contributed by atoms with Gasteiger partial charge in [-0.1, -0.05) is 18.2 Å². The number of carbonyl (C=O) groups is 2. The number of hydrogen-bond donors (Lipinski definition) is 1. The zero-order valence-corrected chi connectivity index (χ0v) is 23.6. The van der Waals surface area contributed by atoms with Crippen molar-refractivity contribution in [1.29, 1.82) is 0 Å². The molecule has 1 aromatic rings. The maximum absolute atomic E-state index is 13.6. The zero-order valence-electron chi connectivity index (χ0n) is 23.6. The van der Waals surface area contributed by atoms with Gasteiger partial charge in [0.05, 0.1) is 12.0 Å². The number of likely N-dealkylation sites (N-methyl/N-ethyl adjacent to an activating group) is 1. The van der Waals surface area contributed by atoms with Crippen molar-refractivity contribution in [3.05, 3.63) is 35.4 Å². The van der Waals surface area contributed by atoms with Crippen LogP contribution in [0, 0.1) is 11.8 Å². The number of amides is 2. The van der Waals surface area contributed by atoms with Crippen LogP contribution in [0.5, 0.6) is 0 Å². The summed E-state index contributed by atoms with van der Waals surface area (Å²) in [5, 5.41) is 2.90. The van der Waals surface area contributed by atoms with Crippen LogP contribution in [0.25, 0.3) is 6.08 Å². The second-order valence-corrected chi connectivity index (χ2v) is 12.2. The summed E-state index contributed by atoms with van der Waals surface area (Å²) in [5.41, 5.74) is 2.08. The topological polar surface area (TPSA) is 65.1 Å². The van der Waals surface area contributed by atoms with Crippen LogP contribution in [-0.2, 0) is 9.53 Å². The van der Waals surface area contributed by atoms with E-state index >= 15 is 0 Å². The van der Waals surface area contributed by atoms with E-state index in [0.29, 0.717) is 5.92 Å². The highest BCUT2D eigenvalue weighted by molar-refractivity contribution is 5.87. The Morgan fingerprint density at radius 1 is 1.10 bits per heavy atom. The Balaban J connectivity index is 1.53. The van der Waals surface area contributed by atoms with Crippen LogP contribution in [0.3, 0.4) is 0 Å². The smallest absolute Gasteiger partial charge is 0.410 e. The summed E-state index contributed by atoms with van der Waals surface area (Å²) in [4.78, 5) is 31.7. The normalized spacial score (nSPS) is 23.8. The lowest BCUT2D eigenvalue weighted by molar-refractivity contribution is -0.170. The number of alkyl halides is 3. The molecule has 7 nitrogen and oxygen atoms in total. The fourth-order valence-corrected chi connectivity index (χ4v) is 5.12. The molecule has 1 aromatic carbocycles. The predicted molar refractivity (Wildman–Crippen MR) is 145 cm³/mol. The number of rotatable bonds is 6. The van der Waals surface area contributed by atoms with Crippen LogP contribution in [0.4, 0.5) is 23.7 Å². The number of nitrogens with one attached hydrogen (secondary N) is 1. The summed E-state index contributed by atoms with van der Waals surface area (Å²) >= 11 is 0. The third-order valence-electron chi connectivity index (χ3n) is 7.63. The monoisotopic (exact) mass is 550 g/mol. The molecule has 2 heterocycles. The minimum Gasteiger partial charge on any atom is -0.444 e. The molecule has 3 atom stereocenters. The first-order valence-electron chi connectivity index (χ1n) is 13.8. The fourth-order valence-electron chi connectivity index (χ4n) is 5.12. The number of allylic oxidation sites excluding steroid dienone is 1. The summed E-state index contributed by atoms with van der Waals surface area (Å²) < 4.78 is 46.1. The molecule has 1 N–H and O–H groups in total. The molecule has 0 spiro atoms. The van der Waals surface area contributed by atoms with Crippen LogP contribution < -0.4 is 10.2 Å². The highest BCUT2D eigenvalue weighted by Crippen LogP contribution is 2.38. The van der Waals surface area contributed by atoms with Crippen molar-refractivity contribution in [3.63, 3.8) is 0 Å². The number of ether oxygens (including phenoxy) is 1. The number of likely N-dealkylation sites (tertiary alicyclic amines) is 1. The quantitative estimate of drug-likeness (QED) is 0.526. The van der Waals surface area contributed by atoms with Gasteiger partial charge in [-0.05, 0) is 83.2 Å². The van der Waals surface area contributed by atoms with Gasteiger partial charge in [-0.15, -0.1) is 0 Å². The first-order valence-corrected chi connectivity index (χ1v) is 13.8. The van der Waals surface area contributed by atoms with E-state index < -0.39 is 54.7 Å². The Morgan fingerprint density at radius 2 is 1.77 bits per heavy atom. The van der Waals surface area contributed by atoms with Crippen molar-refractivity contribution in [2.75, 3.05) is 44.7 Å². The molecule has 0 radical (unpaired) electrons. The Hall–Kier alpha value is -2.75. The van der Waals surface area contributed by atoms with Gasteiger partial charge in [-0.25, -0.2) is 4.79 Å². The van der Waals surface area contributed by atoms with Gasteiger partial charge in [-0.2, -0.15) is 13.2 Å². The highest BCUT2D eigenvalue weighted by atomic mass is 19.4. The third-order valence-corrected chi connectivity index (χ3v) is 7.63. The number of hydrogen-bond acceptors (Lipinski definition) is 5. The molecule has 0 aromatic heterocycles. The lowest BCUT2D eigenvalue weighted by Crippen LogP contribution is -2.48. The van der Waals surface area contributed by atoms with Gasteiger partial charge in [0.2, 0.25) is 5.91 Å². The number of piperazine rings is 1. The Kier molecular flexibility index (Phi) is 8.54.